The van der Waals surface area contributed by atoms with Crippen molar-refractivity contribution in [1.29, 1.82) is 0 Å². The van der Waals surface area contributed by atoms with E-state index in [4.69, 9.17) is 0 Å². The van der Waals surface area contributed by atoms with Gasteiger partial charge in [-0.2, -0.15) is 0 Å². The van der Waals surface area contributed by atoms with Crippen molar-refractivity contribution in [3.63, 3.8) is 0 Å². The van der Waals surface area contributed by atoms with E-state index in [0.717, 1.165) is 27.0 Å². The highest BCUT2D eigenvalue weighted by Gasteiger charge is 2.08. The molecule has 0 N–H and O–H groups in total. The van der Waals surface area contributed by atoms with E-state index in [2.05, 4.69) is 39.2 Å². The van der Waals surface area contributed by atoms with Gasteiger partial charge in [0, 0.05) is 17.8 Å². The Bertz CT molecular complexity index is 847. The van der Waals surface area contributed by atoms with Crippen LogP contribution >= 0.6 is 22.7 Å². The van der Waals surface area contributed by atoms with Gasteiger partial charge in [0.2, 0.25) is 0 Å². The Kier molecular flexibility index (Phi) is 2.15. The van der Waals surface area contributed by atoms with Crippen LogP contribution in [-0.4, -0.2) is 15.0 Å². The molecule has 0 aliphatic rings. The zero-order valence-corrected chi connectivity index (χ0v) is 10.8. The standard InChI is InChI=1S/C13H6N3S2/c1-2-11-10(15-6-17-11)5-8(1)9-3-4-14-13-12(9)16-7-18-13/h1-2,4-7H. The number of fused-ring (bicyclic) bond motifs is 2. The first-order valence-corrected chi connectivity index (χ1v) is 7.11. The third kappa shape index (κ3) is 1.45. The number of pyridine rings is 1. The first-order valence-electron chi connectivity index (χ1n) is 5.35. The van der Waals surface area contributed by atoms with Crippen LogP contribution < -0.4 is 0 Å². The summed E-state index contributed by atoms with van der Waals surface area (Å²) in [6, 6.07) is 9.44. The van der Waals surface area contributed by atoms with E-state index in [1.165, 1.54) is 4.70 Å². The van der Waals surface area contributed by atoms with Gasteiger partial charge in [-0.05, 0) is 17.7 Å². The summed E-state index contributed by atoms with van der Waals surface area (Å²) in [4.78, 5) is 13.9. The summed E-state index contributed by atoms with van der Waals surface area (Å²) in [6.07, 6.45) is 1.71. The predicted octanol–water partition coefficient (Wildman–Crippen LogP) is 3.77. The van der Waals surface area contributed by atoms with E-state index in [9.17, 15) is 0 Å². The molecule has 0 bridgehead atoms. The van der Waals surface area contributed by atoms with Gasteiger partial charge in [-0.25, -0.2) is 15.0 Å². The van der Waals surface area contributed by atoms with E-state index < -0.39 is 0 Å². The highest BCUT2D eigenvalue weighted by Crippen LogP contribution is 2.30. The summed E-state index contributed by atoms with van der Waals surface area (Å²) in [5, 5.41) is 0. The van der Waals surface area contributed by atoms with E-state index in [1.807, 2.05) is 11.0 Å². The largest absolute Gasteiger partial charge is 0.245 e. The van der Waals surface area contributed by atoms with Crippen LogP contribution in [0.15, 0.2) is 35.4 Å². The van der Waals surface area contributed by atoms with Crippen molar-refractivity contribution in [2.24, 2.45) is 0 Å². The third-order valence-electron chi connectivity index (χ3n) is 2.80. The van der Waals surface area contributed by atoms with Crippen LogP contribution in [0.1, 0.15) is 0 Å². The number of hydrogen-bond donors (Lipinski definition) is 0. The van der Waals surface area contributed by atoms with Gasteiger partial charge in [0.05, 0.1) is 21.2 Å². The van der Waals surface area contributed by atoms with Gasteiger partial charge in [-0.1, -0.05) is 6.07 Å². The number of aromatic nitrogens is 3. The lowest BCUT2D eigenvalue weighted by Crippen LogP contribution is -1.83. The number of hydrogen-bond acceptors (Lipinski definition) is 5. The predicted molar refractivity (Wildman–Crippen MR) is 74.9 cm³/mol. The third-order valence-corrected chi connectivity index (χ3v) is 4.34. The molecule has 0 saturated carbocycles. The second-order valence-electron chi connectivity index (χ2n) is 3.82. The van der Waals surface area contributed by atoms with Crippen molar-refractivity contribution < 1.29 is 0 Å². The number of benzene rings is 1. The lowest BCUT2D eigenvalue weighted by molar-refractivity contribution is 1.40. The van der Waals surface area contributed by atoms with Gasteiger partial charge in [0.15, 0.2) is 0 Å². The summed E-state index contributed by atoms with van der Waals surface area (Å²) in [7, 11) is 0. The minimum absolute atomic E-state index is 0.914. The van der Waals surface area contributed by atoms with Crippen LogP contribution in [0.5, 0.6) is 0 Å². The summed E-state index contributed by atoms with van der Waals surface area (Å²) >= 11 is 3.19. The molecule has 4 rings (SSSR count). The molecule has 0 amide bonds. The Morgan fingerprint density at radius 2 is 1.94 bits per heavy atom. The molecule has 4 aromatic rings. The molecular weight excluding hydrogens is 262 g/mol. The van der Waals surface area contributed by atoms with Crippen LogP contribution in [0.3, 0.4) is 0 Å². The van der Waals surface area contributed by atoms with Gasteiger partial charge in [-0.3, -0.25) is 0 Å². The van der Waals surface area contributed by atoms with Crippen LogP contribution in [0.2, 0.25) is 0 Å². The van der Waals surface area contributed by atoms with Crippen molar-refractivity contribution in [3.05, 3.63) is 41.5 Å². The van der Waals surface area contributed by atoms with Crippen LogP contribution in [0.4, 0.5) is 0 Å². The van der Waals surface area contributed by atoms with Crippen LogP contribution in [0, 0.1) is 6.07 Å². The molecule has 0 aliphatic heterocycles. The van der Waals surface area contributed by atoms with Crippen molar-refractivity contribution in [1.82, 2.24) is 15.0 Å². The average Bonchev–Trinajstić information content (AvgIpc) is 3.05. The smallest absolute Gasteiger partial charge is 0.143 e. The number of rotatable bonds is 1. The Balaban J connectivity index is 2.03. The zero-order chi connectivity index (χ0) is 11.9. The minimum Gasteiger partial charge on any atom is -0.245 e. The lowest BCUT2D eigenvalue weighted by Gasteiger charge is -2.01. The SMILES string of the molecule is [c]1cnc2scnc2c1-c1ccc2scnc2c1. The molecular formula is C13H6N3S2. The quantitative estimate of drug-likeness (QED) is 0.527. The zero-order valence-electron chi connectivity index (χ0n) is 9.12. The first kappa shape index (κ1) is 10.1. The molecule has 3 nitrogen and oxygen atoms in total. The second kappa shape index (κ2) is 3.83. The summed E-state index contributed by atoms with van der Waals surface area (Å²) in [6.45, 7) is 0. The van der Waals surface area contributed by atoms with Crippen molar-refractivity contribution >= 4 is 43.2 Å². The fraction of sp³-hybridized carbons (Fsp3) is 0. The fourth-order valence-electron chi connectivity index (χ4n) is 1.96. The Morgan fingerprint density at radius 1 is 1.00 bits per heavy atom. The summed E-state index contributed by atoms with van der Waals surface area (Å²) in [5.41, 5.74) is 7.70. The second-order valence-corrected chi connectivity index (χ2v) is 5.54. The van der Waals surface area contributed by atoms with Crippen LogP contribution in [-0.2, 0) is 0 Å². The number of thiazole rings is 2. The van der Waals surface area contributed by atoms with E-state index in [0.29, 0.717) is 0 Å². The molecule has 0 unspecified atom stereocenters. The van der Waals surface area contributed by atoms with Gasteiger partial charge in [0.1, 0.15) is 10.3 Å². The van der Waals surface area contributed by atoms with E-state index in [1.54, 1.807) is 28.9 Å². The molecule has 0 aliphatic carbocycles. The van der Waals surface area contributed by atoms with Crippen molar-refractivity contribution in [2.45, 2.75) is 0 Å². The topological polar surface area (TPSA) is 38.7 Å². The molecule has 0 saturated heterocycles. The van der Waals surface area contributed by atoms with Gasteiger partial charge < -0.3 is 0 Å². The first-order chi connectivity index (χ1) is 8.92. The van der Waals surface area contributed by atoms with Gasteiger partial charge in [0.25, 0.3) is 0 Å². The van der Waals surface area contributed by atoms with E-state index >= 15 is 0 Å². The molecule has 0 spiro atoms. The maximum atomic E-state index is 4.37. The number of nitrogens with zero attached hydrogens (tertiary/aromatic N) is 3. The summed E-state index contributed by atoms with van der Waals surface area (Å²) < 4.78 is 1.20. The molecule has 3 heterocycles. The normalized spacial score (nSPS) is 11.3. The maximum absolute atomic E-state index is 4.37. The molecule has 18 heavy (non-hydrogen) atoms. The van der Waals surface area contributed by atoms with Crippen molar-refractivity contribution in [2.75, 3.05) is 0 Å². The summed E-state index contributed by atoms with van der Waals surface area (Å²) in [5.74, 6) is 0. The molecule has 1 aromatic carbocycles. The van der Waals surface area contributed by atoms with Crippen molar-refractivity contribution in [3.8, 4) is 11.1 Å². The highest BCUT2D eigenvalue weighted by atomic mass is 32.1. The average molecular weight is 268 g/mol. The van der Waals surface area contributed by atoms with Gasteiger partial charge in [-0.15, -0.1) is 22.7 Å². The van der Waals surface area contributed by atoms with E-state index in [-0.39, 0.29) is 0 Å². The Labute approximate surface area is 111 Å². The molecule has 1 radical (unpaired) electrons. The highest BCUT2D eigenvalue weighted by molar-refractivity contribution is 7.16. The van der Waals surface area contributed by atoms with Crippen LogP contribution in [0.25, 0.3) is 31.7 Å². The maximum Gasteiger partial charge on any atom is 0.143 e. The minimum atomic E-state index is 0.914. The molecule has 0 atom stereocenters. The Morgan fingerprint density at radius 3 is 2.94 bits per heavy atom. The monoisotopic (exact) mass is 268 g/mol. The lowest BCUT2D eigenvalue weighted by atomic mass is 10.1. The fourth-order valence-corrected chi connectivity index (χ4v) is 3.26. The molecule has 5 heteroatoms. The molecule has 3 aromatic heterocycles. The van der Waals surface area contributed by atoms with Gasteiger partial charge >= 0.3 is 0 Å². The molecule has 0 fully saturated rings. The Hall–Kier alpha value is -1.85. The molecule has 85 valence electrons.